The summed E-state index contributed by atoms with van der Waals surface area (Å²) in [6.45, 7) is 2.97. The maximum atomic E-state index is 5.96. The van der Waals surface area contributed by atoms with Gasteiger partial charge in [-0.05, 0) is 12.8 Å². The summed E-state index contributed by atoms with van der Waals surface area (Å²) in [7, 11) is 1.71. The molecule has 0 aromatic carbocycles. The summed E-state index contributed by atoms with van der Waals surface area (Å²) in [5.41, 5.74) is 0. The molecule has 1 atom stereocenters. The Morgan fingerprint density at radius 2 is 2.10 bits per heavy atom. The first kappa shape index (κ1) is 10.2. The van der Waals surface area contributed by atoms with Gasteiger partial charge < -0.3 is 4.74 Å². The van der Waals surface area contributed by atoms with Crippen LogP contribution >= 0.6 is 11.6 Å². The molecule has 2 heteroatoms. The van der Waals surface area contributed by atoms with Crippen molar-refractivity contribution in [1.82, 2.24) is 0 Å². The Hall–Kier alpha value is 0.250. The molecule has 10 heavy (non-hydrogen) atoms. The van der Waals surface area contributed by atoms with Crippen molar-refractivity contribution < 1.29 is 4.74 Å². The van der Waals surface area contributed by atoms with E-state index in [1.807, 2.05) is 0 Å². The van der Waals surface area contributed by atoms with Crippen LogP contribution in [0.1, 0.15) is 32.6 Å². The van der Waals surface area contributed by atoms with Gasteiger partial charge in [-0.3, -0.25) is 0 Å². The quantitative estimate of drug-likeness (QED) is 0.549. The zero-order chi connectivity index (χ0) is 7.82. The fraction of sp³-hybridized carbons (Fsp3) is 1.00. The van der Waals surface area contributed by atoms with E-state index < -0.39 is 0 Å². The van der Waals surface area contributed by atoms with Crippen LogP contribution in [0.4, 0.5) is 0 Å². The number of rotatable bonds is 6. The maximum absolute atomic E-state index is 5.96. The van der Waals surface area contributed by atoms with Crippen molar-refractivity contribution in [2.24, 2.45) is 0 Å². The zero-order valence-electron chi connectivity index (χ0n) is 6.90. The minimum absolute atomic E-state index is 0.319. The lowest BCUT2D eigenvalue weighted by Crippen LogP contribution is -2.02. The highest BCUT2D eigenvalue weighted by Gasteiger charge is 2.01. The Balaban J connectivity index is 3.00. The molecule has 62 valence electrons. The molecule has 0 saturated carbocycles. The third-order valence-electron chi connectivity index (χ3n) is 1.51. The molecule has 0 aliphatic rings. The minimum Gasteiger partial charge on any atom is -0.385 e. The molecular weight excluding hydrogens is 148 g/mol. The first-order valence-electron chi connectivity index (χ1n) is 3.94. The van der Waals surface area contributed by atoms with Crippen molar-refractivity contribution in [3.8, 4) is 0 Å². The summed E-state index contributed by atoms with van der Waals surface area (Å²) in [6, 6.07) is 0. The highest BCUT2D eigenvalue weighted by molar-refractivity contribution is 6.20. The van der Waals surface area contributed by atoms with Crippen LogP contribution in [0, 0.1) is 0 Å². The highest BCUT2D eigenvalue weighted by Crippen LogP contribution is 2.10. The van der Waals surface area contributed by atoms with Gasteiger partial charge in [0.2, 0.25) is 0 Å². The molecule has 0 heterocycles. The number of hydrogen-bond donors (Lipinski definition) is 0. The molecule has 0 saturated heterocycles. The molecule has 0 radical (unpaired) electrons. The third-order valence-corrected chi connectivity index (χ3v) is 1.94. The molecule has 0 N–H and O–H groups in total. The molecule has 0 aliphatic carbocycles. The van der Waals surface area contributed by atoms with Crippen molar-refractivity contribution in [1.29, 1.82) is 0 Å². The van der Waals surface area contributed by atoms with Crippen molar-refractivity contribution in [3.63, 3.8) is 0 Å². The smallest absolute Gasteiger partial charge is 0.0476 e. The molecule has 0 aliphatic heterocycles. The Morgan fingerprint density at radius 1 is 1.40 bits per heavy atom. The molecule has 0 rings (SSSR count). The van der Waals surface area contributed by atoms with Crippen LogP contribution in [-0.2, 0) is 4.74 Å². The van der Waals surface area contributed by atoms with Crippen molar-refractivity contribution in [2.45, 2.75) is 38.0 Å². The van der Waals surface area contributed by atoms with Gasteiger partial charge in [0.05, 0.1) is 0 Å². The minimum atomic E-state index is 0.319. The van der Waals surface area contributed by atoms with Crippen molar-refractivity contribution in [2.75, 3.05) is 13.7 Å². The largest absolute Gasteiger partial charge is 0.385 e. The third kappa shape index (κ3) is 6.37. The predicted molar refractivity (Wildman–Crippen MR) is 45.7 cm³/mol. The Kier molecular flexibility index (Phi) is 7.54. The Morgan fingerprint density at radius 3 is 2.60 bits per heavy atom. The Bertz CT molecular complexity index is 58.3. The van der Waals surface area contributed by atoms with Crippen LogP contribution in [-0.4, -0.2) is 19.1 Å². The number of methoxy groups -OCH3 is 1. The molecule has 0 spiro atoms. The van der Waals surface area contributed by atoms with Crippen LogP contribution in [0.3, 0.4) is 0 Å². The van der Waals surface area contributed by atoms with E-state index in [4.69, 9.17) is 16.3 Å². The fourth-order valence-electron chi connectivity index (χ4n) is 0.816. The van der Waals surface area contributed by atoms with Gasteiger partial charge in [-0.1, -0.05) is 19.8 Å². The molecule has 0 aromatic heterocycles. The lowest BCUT2D eigenvalue weighted by Gasteiger charge is -2.06. The molecule has 0 fully saturated rings. The van der Waals surface area contributed by atoms with E-state index in [1.165, 1.54) is 12.8 Å². The van der Waals surface area contributed by atoms with E-state index in [-0.39, 0.29) is 0 Å². The summed E-state index contributed by atoms with van der Waals surface area (Å²) < 4.78 is 4.91. The van der Waals surface area contributed by atoms with E-state index in [9.17, 15) is 0 Å². The lowest BCUT2D eigenvalue weighted by molar-refractivity contribution is 0.193. The van der Waals surface area contributed by atoms with E-state index in [1.54, 1.807) is 7.11 Å². The standard InChI is InChI=1S/C8H17ClO/c1-3-4-5-8(9)6-7-10-2/h8H,3-7H2,1-2H3/t8-/m0/s1. The van der Waals surface area contributed by atoms with Crippen LogP contribution < -0.4 is 0 Å². The van der Waals surface area contributed by atoms with Gasteiger partial charge in [-0.15, -0.1) is 11.6 Å². The second-order valence-corrected chi connectivity index (χ2v) is 3.14. The molecular formula is C8H17ClO. The number of hydrogen-bond acceptors (Lipinski definition) is 1. The monoisotopic (exact) mass is 164 g/mol. The molecule has 0 bridgehead atoms. The van der Waals surface area contributed by atoms with Gasteiger partial charge in [0.15, 0.2) is 0 Å². The van der Waals surface area contributed by atoms with Gasteiger partial charge in [-0.25, -0.2) is 0 Å². The summed E-state index contributed by atoms with van der Waals surface area (Å²) in [4.78, 5) is 0. The Labute approximate surface area is 68.7 Å². The number of ether oxygens (including phenoxy) is 1. The fourth-order valence-corrected chi connectivity index (χ4v) is 1.06. The molecule has 0 amide bonds. The lowest BCUT2D eigenvalue weighted by atomic mass is 10.1. The van der Waals surface area contributed by atoms with Crippen LogP contribution in [0.15, 0.2) is 0 Å². The summed E-state index contributed by atoms with van der Waals surface area (Å²) in [5.74, 6) is 0. The summed E-state index contributed by atoms with van der Waals surface area (Å²) >= 11 is 5.96. The second kappa shape index (κ2) is 7.36. The normalized spacial score (nSPS) is 13.5. The van der Waals surface area contributed by atoms with E-state index >= 15 is 0 Å². The van der Waals surface area contributed by atoms with Gasteiger partial charge in [0, 0.05) is 19.1 Å². The topological polar surface area (TPSA) is 9.23 Å². The second-order valence-electron chi connectivity index (χ2n) is 2.52. The first-order chi connectivity index (χ1) is 4.81. The predicted octanol–water partition coefficient (Wildman–Crippen LogP) is 2.82. The summed E-state index contributed by atoms with van der Waals surface area (Å²) in [6.07, 6.45) is 4.58. The first-order valence-corrected chi connectivity index (χ1v) is 4.38. The molecule has 0 unspecified atom stereocenters. The highest BCUT2D eigenvalue weighted by atomic mass is 35.5. The van der Waals surface area contributed by atoms with Gasteiger partial charge in [0.1, 0.15) is 0 Å². The zero-order valence-corrected chi connectivity index (χ0v) is 7.66. The van der Waals surface area contributed by atoms with E-state index in [0.29, 0.717) is 5.38 Å². The number of unbranched alkanes of at least 4 members (excludes halogenated alkanes) is 1. The van der Waals surface area contributed by atoms with Gasteiger partial charge in [-0.2, -0.15) is 0 Å². The van der Waals surface area contributed by atoms with Crippen LogP contribution in [0.5, 0.6) is 0 Å². The summed E-state index contributed by atoms with van der Waals surface area (Å²) in [5, 5.41) is 0.319. The van der Waals surface area contributed by atoms with Crippen molar-refractivity contribution in [3.05, 3.63) is 0 Å². The molecule has 1 nitrogen and oxygen atoms in total. The number of halogens is 1. The van der Waals surface area contributed by atoms with E-state index in [2.05, 4.69) is 6.92 Å². The SMILES string of the molecule is CCCC[C@H](Cl)CCOC. The molecule has 0 aromatic rings. The maximum Gasteiger partial charge on any atom is 0.0476 e. The van der Waals surface area contributed by atoms with Crippen LogP contribution in [0.2, 0.25) is 0 Å². The van der Waals surface area contributed by atoms with E-state index in [0.717, 1.165) is 19.4 Å². The van der Waals surface area contributed by atoms with Crippen molar-refractivity contribution >= 4 is 11.6 Å². The van der Waals surface area contributed by atoms with Gasteiger partial charge >= 0.3 is 0 Å². The average Bonchev–Trinajstić information content (AvgIpc) is 1.97. The average molecular weight is 165 g/mol. The number of alkyl halides is 1. The van der Waals surface area contributed by atoms with Gasteiger partial charge in [0.25, 0.3) is 0 Å². The van der Waals surface area contributed by atoms with Crippen LogP contribution in [0.25, 0.3) is 0 Å².